The molecule has 0 fully saturated rings. The molecule has 4 N–H and O–H groups in total. The molecule has 3 aromatic rings. The summed E-state index contributed by atoms with van der Waals surface area (Å²) in [4.78, 5) is 24.4. The average Bonchev–Trinajstić information content (AvgIpc) is 2.97. The maximum absolute atomic E-state index is 12.7. The van der Waals surface area contributed by atoms with Crippen LogP contribution in [0.15, 0.2) is 66.7 Å². The van der Waals surface area contributed by atoms with Gasteiger partial charge >= 0.3 is 0 Å². The highest BCUT2D eigenvalue weighted by atomic mass is 16.2. The van der Waals surface area contributed by atoms with Crippen LogP contribution in [0.4, 0.5) is 0 Å². The number of hydrogen-bond donors (Lipinski definition) is 3. The van der Waals surface area contributed by atoms with Gasteiger partial charge < -0.3 is 10.3 Å². The molecule has 6 heteroatoms. The molecular weight excluding hydrogens is 340 g/mol. The summed E-state index contributed by atoms with van der Waals surface area (Å²) in [7, 11) is 0. The van der Waals surface area contributed by atoms with Gasteiger partial charge in [0, 0.05) is 17.1 Å². The number of hydrazine groups is 1. The number of amides is 2. The fourth-order valence-electron chi connectivity index (χ4n) is 3.14. The van der Waals surface area contributed by atoms with Crippen molar-refractivity contribution in [3.05, 3.63) is 89.2 Å². The minimum Gasteiger partial charge on any atom is -0.368 e. The SMILES string of the molecule is Cc1cc(C(=O)NNC(C(N)=O)c2ccccc2)c(C)n1-c1ccccc1. The van der Waals surface area contributed by atoms with Crippen molar-refractivity contribution < 1.29 is 9.59 Å². The molecule has 0 aliphatic rings. The first kappa shape index (κ1) is 18.4. The number of carbonyl (C=O) groups is 2. The summed E-state index contributed by atoms with van der Waals surface area (Å²) in [5.74, 6) is -0.899. The summed E-state index contributed by atoms with van der Waals surface area (Å²) in [6, 6.07) is 19.8. The smallest absolute Gasteiger partial charge is 0.267 e. The van der Waals surface area contributed by atoms with Crippen molar-refractivity contribution in [3.63, 3.8) is 0 Å². The van der Waals surface area contributed by atoms with Crippen LogP contribution in [0.5, 0.6) is 0 Å². The van der Waals surface area contributed by atoms with Crippen LogP contribution in [0.25, 0.3) is 5.69 Å². The largest absolute Gasteiger partial charge is 0.368 e. The van der Waals surface area contributed by atoms with Crippen molar-refractivity contribution in [2.75, 3.05) is 0 Å². The first-order valence-corrected chi connectivity index (χ1v) is 8.63. The Morgan fingerprint density at radius 2 is 1.56 bits per heavy atom. The average molecular weight is 362 g/mol. The zero-order valence-electron chi connectivity index (χ0n) is 15.3. The fourth-order valence-corrected chi connectivity index (χ4v) is 3.14. The maximum Gasteiger partial charge on any atom is 0.267 e. The first-order chi connectivity index (χ1) is 13.0. The number of aryl methyl sites for hydroxylation is 1. The molecule has 6 nitrogen and oxygen atoms in total. The van der Waals surface area contributed by atoms with Crippen LogP contribution in [-0.4, -0.2) is 16.4 Å². The van der Waals surface area contributed by atoms with Gasteiger partial charge in [0.2, 0.25) is 5.91 Å². The van der Waals surface area contributed by atoms with E-state index in [2.05, 4.69) is 10.9 Å². The molecule has 0 aliphatic heterocycles. The molecule has 0 spiro atoms. The Morgan fingerprint density at radius 1 is 0.963 bits per heavy atom. The topological polar surface area (TPSA) is 89.2 Å². The Bertz CT molecular complexity index is 949. The van der Waals surface area contributed by atoms with Crippen molar-refractivity contribution in [2.45, 2.75) is 19.9 Å². The second kappa shape index (κ2) is 7.88. The van der Waals surface area contributed by atoms with Crippen LogP contribution >= 0.6 is 0 Å². The quantitative estimate of drug-likeness (QED) is 0.589. The van der Waals surface area contributed by atoms with Crippen LogP contribution in [0, 0.1) is 13.8 Å². The number of nitrogens with zero attached hydrogens (tertiary/aromatic N) is 1. The van der Waals surface area contributed by atoms with Gasteiger partial charge in [-0.15, -0.1) is 0 Å². The highest BCUT2D eigenvalue weighted by molar-refractivity contribution is 5.96. The molecular formula is C21H22N4O2. The van der Waals surface area contributed by atoms with Gasteiger partial charge in [-0.1, -0.05) is 48.5 Å². The summed E-state index contributed by atoms with van der Waals surface area (Å²) >= 11 is 0. The standard InChI is InChI=1S/C21H22N4O2/c1-14-13-18(15(2)25(14)17-11-7-4-8-12-17)21(27)24-23-19(20(22)26)16-9-5-3-6-10-16/h3-13,19,23H,1-2H3,(H2,22,26)(H,24,27). The van der Waals surface area contributed by atoms with E-state index >= 15 is 0 Å². The first-order valence-electron chi connectivity index (χ1n) is 8.63. The number of nitrogens with two attached hydrogens (primary N) is 1. The third-order valence-electron chi connectivity index (χ3n) is 4.44. The number of para-hydroxylation sites is 1. The fraction of sp³-hybridized carbons (Fsp3) is 0.143. The summed E-state index contributed by atoms with van der Waals surface area (Å²) in [6.45, 7) is 3.83. The van der Waals surface area contributed by atoms with Gasteiger partial charge in [0.1, 0.15) is 6.04 Å². The van der Waals surface area contributed by atoms with Crippen LogP contribution in [0.2, 0.25) is 0 Å². The Labute approximate surface area is 158 Å². The van der Waals surface area contributed by atoms with E-state index in [4.69, 9.17) is 5.73 Å². The normalized spacial score (nSPS) is 11.8. The third kappa shape index (κ3) is 3.91. The molecule has 3 rings (SSSR count). The minimum absolute atomic E-state index is 0.326. The number of carbonyl (C=O) groups excluding carboxylic acids is 2. The van der Waals surface area contributed by atoms with Crippen molar-refractivity contribution >= 4 is 11.8 Å². The Hall–Kier alpha value is -3.38. The van der Waals surface area contributed by atoms with Crippen LogP contribution < -0.4 is 16.6 Å². The molecule has 0 bridgehead atoms. The molecule has 2 aromatic carbocycles. The second-order valence-electron chi connectivity index (χ2n) is 6.30. The summed E-state index contributed by atoms with van der Waals surface area (Å²) < 4.78 is 2.01. The van der Waals surface area contributed by atoms with Crippen molar-refractivity contribution in [1.82, 2.24) is 15.4 Å². The Balaban J connectivity index is 1.80. The molecule has 0 saturated carbocycles. The van der Waals surface area contributed by atoms with Crippen LogP contribution in [-0.2, 0) is 4.79 Å². The lowest BCUT2D eigenvalue weighted by Crippen LogP contribution is -2.45. The van der Waals surface area contributed by atoms with Gasteiger partial charge in [-0.25, -0.2) is 5.43 Å². The number of benzene rings is 2. The molecule has 0 saturated heterocycles. The van der Waals surface area contributed by atoms with Crippen molar-refractivity contribution in [2.24, 2.45) is 5.73 Å². The van der Waals surface area contributed by atoms with Gasteiger partial charge in [0.05, 0.1) is 5.56 Å². The molecule has 138 valence electrons. The number of rotatable bonds is 6. The van der Waals surface area contributed by atoms with E-state index in [9.17, 15) is 9.59 Å². The molecule has 27 heavy (non-hydrogen) atoms. The van der Waals surface area contributed by atoms with E-state index < -0.39 is 11.9 Å². The van der Waals surface area contributed by atoms with Gasteiger partial charge in [-0.3, -0.25) is 15.0 Å². The Morgan fingerprint density at radius 3 is 2.15 bits per heavy atom. The van der Waals surface area contributed by atoms with Gasteiger partial charge in [-0.2, -0.15) is 0 Å². The minimum atomic E-state index is -0.812. The molecule has 0 aliphatic carbocycles. The zero-order chi connectivity index (χ0) is 19.4. The van der Waals surface area contributed by atoms with Gasteiger partial charge in [-0.05, 0) is 37.6 Å². The molecule has 0 radical (unpaired) electrons. The molecule has 1 unspecified atom stereocenters. The van der Waals surface area contributed by atoms with Gasteiger partial charge in [0.15, 0.2) is 0 Å². The monoisotopic (exact) mass is 362 g/mol. The van der Waals surface area contributed by atoms with Crippen LogP contribution in [0.3, 0.4) is 0 Å². The second-order valence-corrected chi connectivity index (χ2v) is 6.30. The predicted molar refractivity (Wildman–Crippen MR) is 104 cm³/mol. The number of hydrogen-bond acceptors (Lipinski definition) is 3. The van der Waals surface area contributed by atoms with Crippen molar-refractivity contribution in [1.29, 1.82) is 0 Å². The number of nitrogens with one attached hydrogen (secondary N) is 2. The van der Waals surface area contributed by atoms with E-state index in [-0.39, 0.29) is 5.91 Å². The lowest BCUT2D eigenvalue weighted by atomic mass is 10.1. The molecule has 2 amide bonds. The predicted octanol–water partition coefficient (Wildman–Crippen LogP) is 2.56. The lowest BCUT2D eigenvalue weighted by molar-refractivity contribution is -0.120. The third-order valence-corrected chi connectivity index (χ3v) is 4.44. The highest BCUT2D eigenvalue weighted by Gasteiger charge is 2.21. The van der Waals surface area contributed by atoms with Crippen molar-refractivity contribution in [3.8, 4) is 5.69 Å². The molecule has 1 atom stereocenters. The number of primary amides is 1. The Kier molecular flexibility index (Phi) is 5.38. The zero-order valence-corrected chi connectivity index (χ0v) is 15.3. The number of aromatic nitrogens is 1. The lowest BCUT2D eigenvalue weighted by Gasteiger charge is -2.16. The summed E-state index contributed by atoms with van der Waals surface area (Å²) in [6.07, 6.45) is 0. The van der Waals surface area contributed by atoms with Crippen LogP contribution in [0.1, 0.15) is 33.4 Å². The molecule has 1 aromatic heterocycles. The summed E-state index contributed by atoms with van der Waals surface area (Å²) in [5, 5.41) is 0. The maximum atomic E-state index is 12.7. The van der Waals surface area contributed by atoms with E-state index in [1.165, 1.54) is 0 Å². The van der Waals surface area contributed by atoms with E-state index in [0.717, 1.165) is 17.1 Å². The highest BCUT2D eigenvalue weighted by Crippen LogP contribution is 2.20. The van der Waals surface area contributed by atoms with E-state index in [0.29, 0.717) is 11.1 Å². The van der Waals surface area contributed by atoms with E-state index in [1.807, 2.05) is 73.0 Å². The molecule has 1 heterocycles. The van der Waals surface area contributed by atoms with E-state index in [1.54, 1.807) is 12.1 Å². The van der Waals surface area contributed by atoms with Gasteiger partial charge in [0.25, 0.3) is 5.91 Å². The summed E-state index contributed by atoms with van der Waals surface area (Å²) in [5.41, 5.74) is 14.8.